The summed E-state index contributed by atoms with van der Waals surface area (Å²) < 4.78 is 6.91. The van der Waals surface area contributed by atoms with Gasteiger partial charge in [-0.1, -0.05) is 30.3 Å². The van der Waals surface area contributed by atoms with Gasteiger partial charge in [0.1, 0.15) is 0 Å². The van der Waals surface area contributed by atoms with Crippen LogP contribution in [0.3, 0.4) is 0 Å². The van der Waals surface area contributed by atoms with Crippen molar-refractivity contribution in [3.8, 4) is 11.3 Å². The largest absolute Gasteiger partial charge is 0.462 e. The number of imidazole rings is 1. The molecule has 2 aromatic heterocycles. The Morgan fingerprint density at radius 2 is 1.86 bits per heavy atom. The van der Waals surface area contributed by atoms with Gasteiger partial charge in [-0.2, -0.15) is 0 Å². The van der Waals surface area contributed by atoms with Gasteiger partial charge in [-0.3, -0.25) is 9.20 Å². The van der Waals surface area contributed by atoms with Crippen molar-refractivity contribution >= 4 is 33.9 Å². The highest BCUT2D eigenvalue weighted by Gasteiger charge is 2.13. The van der Waals surface area contributed by atoms with E-state index in [2.05, 4.69) is 10.3 Å². The number of amides is 1. The molecule has 0 saturated heterocycles. The fraction of sp³-hybridized carbons (Fsp3) is 0.136. The van der Waals surface area contributed by atoms with E-state index >= 15 is 0 Å². The second-order valence-electron chi connectivity index (χ2n) is 6.39. The average molecular weight is 405 g/mol. The van der Waals surface area contributed by atoms with Gasteiger partial charge in [0.2, 0.25) is 5.91 Å². The maximum atomic E-state index is 12.5. The first-order chi connectivity index (χ1) is 14.1. The average Bonchev–Trinajstić information content (AvgIpc) is 3.31. The zero-order valence-electron chi connectivity index (χ0n) is 15.8. The van der Waals surface area contributed by atoms with Crippen molar-refractivity contribution in [2.24, 2.45) is 0 Å². The van der Waals surface area contributed by atoms with Gasteiger partial charge in [0.15, 0.2) is 4.96 Å². The summed E-state index contributed by atoms with van der Waals surface area (Å²) >= 11 is 1.51. The van der Waals surface area contributed by atoms with E-state index in [0.717, 1.165) is 21.9 Å². The summed E-state index contributed by atoms with van der Waals surface area (Å²) in [6.07, 6.45) is 2.18. The quantitative estimate of drug-likeness (QED) is 0.482. The van der Waals surface area contributed by atoms with Crippen molar-refractivity contribution in [1.29, 1.82) is 0 Å². The molecule has 1 amide bonds. The smallest absolute Gasteiger partial charge is 0.338 e. The van der Waals surface area contributed by atoms with Crippen LogP contribution in [0, 0.1) is 0 Å². The second-order valence-corrected chi connectivity index (χ2v) is 7.23. The van der Waals surface area contributed by atoms with E-state index in [1.807, 2.05) is 46.3 Å². The van der Waals surface area contributed by atoms with Crippen molar-refractivity contribution in [2.75, 3.05) is 11.9 Å². The van der Waals surface area contributed by atoms with Crippen LogP contribution in [-0.2, 0) is 16.0 Å². The molecule has 0 radical (unpaired) electrons. The molecule has 0 bridgehead atoms. The lowest BCUT2D eigenvalue weighted by atomic mass is 10.2. The Morgan fingerprint density at radius 3 is 2.59 bits per heavy atom. The third kappa shape index (κ3) is 4.20. The van der Waals surface area contributed by atoms with Crippen molar-refractivity contribution in [3.63, 3.8) is 0 Å². The summed E-state index contributed by atoms with van der Waals surface area (Å²) in [6.45, 7) is 2.09. The number of anilines is 1. The van der Waals surface area contributed by atoms with Crippen molar-refractivity contribution in [3.05, 3.63) is 77.4 Å². The number of thiazole rings is 1. The number of nitrogens with zero attached hydrogens (tertiary/aromatic N) is 2. The maximum absolute atomic E-state index is 12.5. The summed E-state index contributed by atoms with van der Waals surface area (Å²) in [5, 5.41) is 4.81. The standard InChI is InChI=1S/C22H19N3O3S/c1-2-28-21(27)16-8-10-17(11-9-16)23-20(26)12-18-14-29-22-24-19(13-25(18)22)15-6-4-3-5-7-15/h3-11,13-14H,2,12H2,1H3,(H,23,26). The van der Waals surface area contributed by atoms with E-state index < -0.39 is 0 Å². The molecule has 0 fully saturated rings. The zero-order valence-corrected chi connectivity index (χ0v) is 16.6. The van der Waals surface area contributed by atoms with Gasteiger partial charge in [0.25, 0.3) is 0 Å². The lowest BCUT2D eigenvalue weighted by Crippen LogP contribution is -2.15. The molecule has 4 rings (SSSR count). The molecule has 2 aromatic carbocycles. The minimum Gasteiger partial charge on any atom is -0.462 e. The molecular weight excluding hydrogens is 386 g/mol. The number of carbonyl (C=O) groups excluding carboxylic acids is 2. The fourth-order valence-corrected chi connectivity index (χ4v) is 3.85. The number of hydrogen-bond donors (Lipinski definition) is 1. The Bertz CT molecular complexity index is 1150. The number of carbonyl (C=O) groups is 2. The van der Waals surface area contributed by atoms with E-state index in [4.69, 9.17) is 4.74 Å². The predicted molar refractivity (Wildman–Crippen MR) is 113 cm³/mol. The fourth-order valence-electron chi connectivity index (χ4n) is 2.98. The highest BCUT2D eigenvalue weighted by Crippen LogP contribution is 2.24. The van der Waals surface area contributed by atoms with Crippen LogP contribution < -0.4 is 5.32 Å². The summed E-state index contributed by atoms with van der Waals surface area (Å²) in [7, 11) is 0. The summed E-state index contributed by atoms with van der Waals surface area (Å²) in [5.41, 5.74) is 3.89. The third-order valence-electron chi connectivity index (χ3n) is 4.37. The molecule has 0 aliphatic heterocycles. The third-order valence-corrected chi connectivity index (χ3v) is 5.26. The van der Waals surface area contributed by atoms with Crippen molar-refractivity contribution in [2.45, 2.75) is 13.3 Å². The first-order valence-electron chi connectivity index (χ1n) is 9.22. The SMILES string of the molecule is CCOC(=O)c1ccc(NC(=O)Cc2csc3nc(-c4ccccc4)cn23)cc1. The maximum Gasteiger partial charge on any atom is 0.338 e. The van der Waals surface area contributed by atoms with Crippen LogP contribution in [0.2, 0.25) is 0 Å². The monoisotopic (exact) mass is 405 g/mol. The van der Waals surface area contributed by atoms with Crippen LogP contribution >= 0.6 is 11.3 Å². The number of nitrogens with one attached hydrogen (secondary N) is 1. The molecule has 2 heterocycles. The second kappa shape index (κ2) is 8.28. The molecule has 4 aromatic rings. The van der Waals surface area contributed by atoms with Gasteiger partial charge in [0, 0.05) is 28.5 Å². The molecule has 0 atom stereocenters. The molecule has 1 N–H and O–H groups in total. The van der Waals surface area contributed by atoms with Gasteiger partial charge in [-0.25, -0.2) is 9.78 Å². The predicted octanol–water partition coefficient (Wildman–Crippen LogP) is 4.42. The Kier molecular flexibility index (Phi) is 5.39. The van der Waals surface area contributed by atoms with Crippen LogP contribution in [0.15, 0.2) is 66.2 Å². The molecule has 0 saturated carbocycles. The van der Waals surface area contributed by atoms with Crippen LogP contribution in [-0.4, -0.2) is 27.9 Å². The number of esters is 1. The van der Waals surface area contributed by atoms with Gasteiger partial charge < -0.3 is 10.1 Å². The number of benzene rings is 2. The molecular formula is C22H19N3O3S. The molecule has 7 heteroatoms. The molecule has 29 heavy (non-hydrogen) atoms. The topological polar surface area (TPSA) is 72.7 Å². The number of fused-ring (bicyclic) bond motifs is 1. The number of rotatable bonds is 6. The molecule has 0 spiro atoms. The van der Waals surface area contributed by atoms with Crippen LogP contribution in [0.25, 0.3) is 16.2 Å². The summed E-state index contributed by atoms with van der Waals surface area (Å²) in [5.74, 6) is -0.510. The number of ether oxygens (including phenoxy) is 1. The molecule has 0 unspecified atom stereocenters. The molecule has 0 aliphatic carbocycles. The number of aromatic nitrogens is 2. The van der Waals surface area contributed by atoms with Crippen molar-refractivity contribution < 1.29 is 14.3 Å². The van der Waals surface area contributed by atoms with E-state index in [-0.39, 0.29) is 18.3 Å². The van der Waals surface area contributed by atoms with E-state index in [0.29, 0.717) is 17.9 Å². The summed E-state index contributed by atoms with van der Waals surface area (Å²) in [4.78, 5) is 29.7. The lowest BCUT2D eigenvalue weighted by molar-refractivity contribution is -0.115. The van der Waals surface area contributed by atoms with E-state index in [1.54, 1.807) is 31.2 Å². The Hall–Kier alpha value is -3.45. The minimum atomic E-state index is -0.375. The lowest BCUT2D eigenvalue weighted by Gasteiger charge is -2.06. The molecule has 6 nitrogen and oxygen atoms in total. The normalized spacial score (nSPS) is 10.8. The highest BCUT2D eigenvalue weighted by molar-refractivity contribution is 7.15. The number of hydrogen-bond acceptors (Lipinski definition) is 5. The summed E-state index contributed by atoms with van der Waals surface area (Å²) in [6, 6.07) is 16.6. The van der Waals surface area contributed by atoms with E-state index in [9.17, 15) is 9.59 Å². The van der Waals surface area contributed by atoms with E-state index in [1.165, 1.54) is 11.3 Å². The van der Waals surface area contributed by atoms with Crippen LogP contribution in [0.1, 0.15) is 23.0 Å². The first-order valence-corrected chi connectivity index (χ1v) is 10.1. The van der Waals surface area contributed by atoms with Gasteiger partial charge in [-0.05, 0) is 31.2 Å². The van der Waals surface area contributed by atoms with Gasteiger partial charge >= 0.3 is 5.97 Å². The highest BCUT2D eigenvalue weighted by atomic mass is 32.1. The molecule has 146 valence electrons. The van der Waals surface area contributed by atoms with Gasteiger partial charge in [0.05, 0.1) is 24.3 Å². The molecule has 0 aliphatic rings. The zero-order chi connectivity index (χ0) is 20.2. The van der Waals surface area contributed by atoms with Gasteiger partial charge in [-0.15, -0.1) is 11.3 Å². The van der Waals surface area contributed by atoms with Crippen LogP contribution in [0.4, 0.5) is 5.69 Å². The Labute approximate surface area is 171 Å². The minimum absolute atomic E-state index is 0.136. The Morgan fingerprint density at radius 1 is 1.10 bits per heavy atom. The van der Waals surface area contributed by atoms with Crippen molar-refractivity contribution in [1.82, 2.24) is 9.38 Å². The first kappa shape index (κ1) is 18.9. The van der Waals surface area contributed by atoms with Crippen LogP contribution in [0.5, 0.6) is 0 Å². The Balaban J connectivity index is 1.45.